The highest BCUT2D eigenvalue weighted by atomic mass is 16.5. The first-order chi connectivity index (χ1) is 33.4. The molecule has 0 saturated carbocycles. The normalized spacial score (nSPS) is 15.6. The quantitative estimate of drug-likeness (QED) is 0.0355. The highest BCUT2D eigenvalue weighted by Crippen LogP contribution is 2.66. The first kappa shape index (κ1) is 41.4. The second-order valence-corrected chi connectivity index (χ2v) is 17.7. The van der Waals surface area contributed by atoms with Crippen LogP contribution in [0.5, 0.6) is 34.5 Å². The zero-order chi connectivity index (χ0) is 47.6. The zero-order valence-electron chi connectivity index (χ0n) is 36.6. The maximum atomic E-state index is 11.5. The van der Waals surface area contributed by atoms with Crippen molar-refractivity contribution in [2.45, 2.75) is 11.5 Å². The van der Waals surface area contributed by atoms with Crippen LogP contribution in [0.4, 0.5) is 0 Å². The summed E-state index contributed by atoms with van der Waals surface area (Å²) >= 11 is 0. The van der Waals surface area contributed by atoms with E-state index in [0.717, 1.165) is 77.9 Å². The molecule has 1 unspecified atom stereocenters. The first-order valence-electron chi connectivity index (χ1n) is 22.2. The van der Waals surface area contributed by atoms with Crippen LogP contribution in [0, 0.1) is 0 Å². The van der Waals surface area contributed by atoms with Crippen LogP contribution in [0.1, 0.15) is 27.8 Å². The lowest BCUT2D eigenvalue weighted by atomic mass is 9.64. The topological polar surface area (TPSA) is 191 Å². The van der Waals surface area contributed by atoms with Crippen LogP contribution in [-0.2, 0) is 5.41 Å². The van der Waals surface area contributed by atoms with E-state index < -0.39 is 57.6 Å². The molecule has 1 spiro atoms. The molecule has 0 aromatic heterocycles. The number of aromatic hydroxyl groups is 4. The number of fused-ring (bicyclic) bond motifs is 14. The lowest BCUT2D eigenvalue weighted by Gasteiger charge is -2.40. The number of rotatable bonds is 4. The van der Waals surface area contributed by atoms with Crippen LogP contribution in [-0.4, -0.2) is 59.9 Å². The monoisotopic (exact) mass is 906 g/mol. The molecule has 11 heteroatoms. The van der Waals surface area contributed by atoms with Crippen molar-refractivity contribution in [3.63, 3.8) is 0 Å². The summed E-state index contributed by atoms with van der Waals surface area (Å²) in [7, 11) is 1.39. The molecular formula is C58H39BO10. The van der Waals surface area contributed by atoms with Gasteiger partial charge in [-0.25, -0.2) is 0 Å². The summed E-state index contributed by atoms with van der Waals surface area (Å²) in [5, 5.41) is 103. The van der Waals surface area contributed by atoms with E-state index in [1.807, 2.05) is 115 Å². The van der Waals surface area contributed by atoms with Gasteiger partial charge in [0.2, 0.25) is 0 Å². The Labute approximate surface area is 394 Å². The summed E-state index contributed by atoms with van der Waals surface area (Å²) < 4.78 is 7.09. The van der Waals surface area contributed by atoms with Crippen molar-refractivity contribution in [2.24, 2.45) is 0 Å². The highest BCUT2D eigenvalue weighted by Gasteiger charge is 2.53. The molecule has 0 amide bonds. The fourth-order valence-corrected chi connectivity index (χ4v) is 10.8. The third-order valence-electron chi connectivity index (χ3n) is 14.1. The summed E-state index contributed by atoms with van der Waals surface area (Å²) in [6.07, 6.45) is -0.849. The number of aliphatic hydroxyl groups is 5. The van der Waals surface area contributed by atoms with E-state index in [0.29, 0.717) is 22.4 Å². The van der Waals surface area contributed by atoms with E-state index in [1.54, 1.807) is 18.2 Å². The van der Waals surface area contributed by atoms with Gasteiger partial charge in [-0.2, -0.15) is 0 Å². The standard InChI is InChI=1S/C58H39BO10/c59-50-55(66)53(64)47(54(65)56(50)67)33-16-20-37-41(24-33)58(39-21-17-30(28-9-3-1-4-10-28)25-44(39)69-45-26-31(18-22-40(45)58)29-11-5-2-6-12-29)49-36-19-15-32(23-38(36)34-13-7-8-14-35(34)48(37)49)46-42(60)27-43(61)51(62)57(68)52(46)63/h1-27,43,60-68H,59H2. The number of ether oxygens (including phenoxy) is 1. The molecule has 10 nitrogen and oxygen atoms in total. The van der Waals surface area contributed by atoms with Crippen molar-refractivity contribution in [3.05, 3.63) is 215 Å². The molecular weight excluding hydrogens is 867 g/mol. The van der Waals surface area contributed by atoms with Gasteiger partial charge in [0.1, 0.15) is 31.2 Å². The molecule has 1 heterocycles. The van der Waals surface area contributed by atoms with Gasteiger partial charge in [0.15, 0.2) is 40.3 Å². The van der Waals surface area contributed by atoms with E-state index in [-0.39, 0.29) is 22.2 Å². The number of allylic oxidation sites excluding steroid dienone is 1. The van der Waals surface area contributed by atoms with Crippen molar-refractivity contribution < 1.29 is 50.7 Å². The Balaban J connectivity index is 1.25. The fraction of sp³-hybridized carbons (Fsp3) is 0.0345. The van der Waals surface area contributed by atoms with Gasteiger partial charge in [-0.05, 0) is 108 Å². The van der Waals surface area contributed by atoms with Gasteiger partial charge in [-0.1, -0.05) is 133 Å². The largest absolute Gasteiger partial charge is 0.507 e. The van der Waals surface area contributed by atoms with E-state index in [2.05, 4.69) is 24.3 Å². The average molecular weight is 907 g/mol. The van der Waals surface area contributed by atoms with Gasteiger partial charge >= 0.3 is 0 Å². The maximum Gasteiger partial charge on any atom is 0.199 e. The number of benzene rings is 9. The predicted octanol–water partition coefficient (Wildman–Crippen LogP) is 11.0. The minimum Gasteiger partial charge on any atom is -0.507 e. The van der Waals surface area contributed by atoms with Gasteiger partial charge in [0.05, 0.1) is 16.6 Å². The average Bonchev–Trinajstić information content (AvgIpc) is 3.64. The van der Waals surface area contributed by atoms with Crippen molar-refractivity contribution in [1.29, 1.82) is 0 Å². The van der Waals surface area contributed by atoms with Gasteiger partial charge in [0.25, 0.3) is 0 Å². The number of phenolic OH excluding ortho intramolecular Hbond substituents is 4. The molecule has 9 aromatic rings. The molecule has 69 heavy (non-hydrogen) atoms. The third kappa shape index (κ3) is 5.77. The lowest BCUT2D eigenvalue weighted by Crippen LogP contribution is -2.32. The van der Waals surface area contributed by atoms with Gasteiger partial charge < -0.3 is 50.7 Å². The third-order valence-corrected chi connectivity index (χ3v) is 14.1. The summed E-state index contributed by atoms with van der Waals surface area (Å²) in [5.41, 5.74) is 7.48. The summed E-state index contributed by atoms with van der Waals surface area (Å²) in [4.78, 5) is 0. The molecule has 1 atom stereocenters. The Bertz CT molecular complexity index is 3700. The Morgan fingerprint density at radius 3 is 1.59 bits per heavy atom. The number of hydrogen-bond acceptors (Lipinski definition) is 10. The number of phenols is 4. The Hall–Kier alpha value is -9.06. The van der Waals surface area contributed by atoms with Crippen LogP contribution in [0.15, 0.2) is 187 Å². The summed E-state index contributed by atoms with van der Waals surface area (Å²) in [6, 6.07) is 51.0. The SMILES string of the molecule is Bc1c(O)c(O)c(-c2ccc3c(c2)C2(c4ccc(-c5ccccc5)cc4Oc4cc(-c5ccccc5)ccc42)c2c-3c3ccccc3c3cc(C4=C(O)C(O)=C(O)C(O)C=C4O)ccc23)c(O)c1O. The van der Waals surface area contributed by atoms with Crippen molar-refractivity contribution in [3.8, 4) is 79.0 Å². The second-order valence-electron chi connectivity index (χ2n) is 17.7. The van der Waals surface area contributed by atoms with Gasteiger partial charge in [-0.15, -0.1) is 0 Å². The maximum absolute atomic E-state index is 11.5. The van der Waals surface area contributed by atoms with Gasteiger partial charge in [-0.3, -0.25) is 0 Å². The fourth-order valence-electron chi connectivity index (χ4n) is 10.8. The summed E-state index contributed by atoms with van der Waals surface area (Å²) in [6.45, 7) is 0. The molecule has 3 aliphatic rings. The number of aliphatic hydroxyl groups excluding tert-OH is 5. The van der Waals surface area contributed by atoms with Crippen LogP contribution in [0.3, 0.4) is 0 Å². The van der Waals surface area contributed by atoms with Crippen molar-refractivity contribution in [2.75, 3.05) is 0 Å². The van der Waals surface area contributed by atoms with Crippen molar-refractivity contribution >= 4 is 40.4 Å². The number of hydrogen-bond donors (Lipinski definition) is 9. The van der Waals surface area contributed by atoms with E-state index >= 15 is 0 Å². The van der Waals surface area contributed by atoms with Crippen LogP contribution < -0.4 is 10.2 Å². The smallest absolute Gasteiger partial charge is 0.199 e. The Morgan fingerprint density at radius 2 is 0.986 bits per heavy atom. The molecule has 0 saturated heterocycles. The van der Waals surface area contributed by atoms with Crippen molar-refractivity contribution in [1.82, 2.24) is 0 Å². The highest BCUT2D eigenvalue weighted by molar-refractivity contribution is 6.37. The molecule has 0 radical (unpaired) electrons. The molecule has 334 valence electrons. The first-order valence-corrected chi connectivity index (χ1v) is 22.2. The van der Waals surface area contributed by atoms with Crippen LogP contribution >= 0.6 is 0 Å². The second kappa shape index (κ2) is 15.0. The minimum absolute atomic E-state index is 0.0808. The van der Waals surface area contributed by atoms with E-state index in [1.165, 1.54) is 7.85 Å². The molecule has 12 rings (SSSR count). The Kier molecular flexibility index (Phi) is 8.98. The van der Waals surface area contributed by atoms with E-state index in [9.17, 15) is 46.0 Å². The van der Waals surface area contributed by atoms with E-state index in [4.69, 9.17) is 4.74 Å². The molecule has 2 aliphatic carbocycles. The predicted molar refractivity (Wildman–Crippen MR) is 269 cm³/mol. The zero-order valence-corrected chi connectivity index (χ0v) is 36.6. The molecule has 1 aliphatic heterocycles. The molecule has 0 fully saturated rings. The van der Waals surface area contributed by atoms with Crippen LogP contribution in [0.25, 0.3) is 71.6 Å². The van der Waals surface area contributed by atoms with Crippen LogP contribution in [0.2, 0.25) is 0 Å². The minimum atomic E-state index is -1.78. The molecule has 9 N–H and O–H groups in total. The Morgan fingerprint density at radius 1 is 0.435 bits per heavy atom. The molecule has 9 aromatic carbocycles. The molecule has 0 bridgehead atoms. The van der Waals surface area contributed by atoms with Gasteiger partial charge in [0, 0.05) is 16.6 Å². The lowest BCUT2D eigenvalue weighted by molar-refractivity contribution is 0.170. The summed E-state index contributed by atoms with van der Waals surface area (Å²) in [5.74, 6) is -4.49.